The largest absolute Gasteiger partial charge is 0.481 e. The molecule has 1 N–H and O–H groups in total. The molecule has 130 valence electrons. The van der Waals surface area contributed by atoms with Crippen LogP contribution in [0.15, 0.2) is 51.4 Å². The Kier molecular flexibility index (Phi) is 5.35. The normalized spacial score (nSPS) is 12.5. The molecule has 25 heavy (non-hydrogen) atoms. The third-order valence-electron chi connectivity index (χ3n) is 4.56. The van der Waals surface area contributed by atoms with Gasteiger partial charge in [-0.25, -0.2) is 0 Å². The van der Waals surface area contributed by atoms with Gasteiger partial charge in [-0.1, -0.05) is 50.9 Å². The van der Waals surface area contributed by atoms with E-state index in [1.165, 1.54) is 5.56 Å². The molecule has 5 heteroatoms. The summed E-state index contributed by atoms with van der Waals surface area (Å²) in [5, 5.41) is 10.3. The molecule has 1 unspecified atom stereocenters. The van der Waals surface area contributed by atoms with Gasteiger partial charge in [0.15, 0.2) is 0 Å². The molecule has 0 saturated heterocycles. The van der Waals surface area contributed by atoms with Crippen molar-refractivity contribution in [2.75, 3.05) is 0 Å². The molecule has 0 saturated carbocycles. The number of carboxylic acid groups (broad SMARTS) is 1. The van der Waals surface area contributed by atoms with Crippen LogP contribution < -0.4 is 0 Å². The number of nitrogens with zero attached hydrogens (tertiary/aromatic N) is 1. The van der Waals surface area contributed by atoms with Crippen molar-refractivity contribution in [2.24, 2.45) is 0 Å². The Bertz CT molecular complexity index is 929. The number of hydrogen-bond donors (Lipinski definition) is 1. The Morgan fingerprint density at radius 2 is 1.76 bits per heavy atom. The summed E-state index contributed by atoms with van der Waals surface area (Å²) in [6.45, 7) is 4.83. The van der Waals surface area contributed by atoms with Crippen LogP contribution in [0, 0.1) is 6.92 Å². The minimum absolute atomic E-state index is 0.0412. The van der Waals surface area contributed by atoms with Crippen LogP contribution in [0.5, 0.6) is 0 Å². The molecule has 0 amide bonds. The van der Waals surface area contributed by atoms with Crippen molar-refractivity contribution in [1.29, 1.82) is 0 Å². The molecule has 3 nitrogen and oxygen atoms in total. The topological polar surface area (TPSA) is 42.2 Å². The maximum absolute atomic E-state index is 11.2. The molecule has 0 spiro atoms. The molecule has 0 aliphatic carbocycles. The van der Waals surface area contributed by atoms with Crippen molar-refractivity contribution in [2.45, 2.75) is 32.7 Å². The molecule has 2 aromatic carbocycles. The third kappa shape index (κ3) is 3.82. The van der Waals surface area contributed by atoms with Crippen LogP contribution in [0.1, 0.15) is 36.1 Å². The summed E-state index contributed by atoms with van der Waals surface area (Å²) >= 11 is 7.02. The molecule has 1 heterocycles. The molecule has 0 bridgehead atoms. The summed E-state index contributed by atoms with van der Waals surface area (Å²) < 4.78 is 4.34. The van der Waals surface area contributed by atoms with Crippen LogP contribution in [-0.2, 0) is 11.3 Å². The van der Waals surface area contributed by atoms with Crippen molar-refractivity contribution in [1.82, 2.24) is 4.57 Å². The predicted octanol–water partition coefficient (Wildman–Crippen LogP) is 6.10. The van der Waals surface area contributed by atoms with E-state index in [1.807, 2.05) is 25.1 Å². The van der Waals surface area contributed by atoms with Gasteiger partial charge in [0.2, 0.25) is 0 Å². The maximum atomic E-state index is 11.2. The SMILES string of the molecule is Cc1c(C(C)CC(=O)O)c2cc(Br)ccc2n1Cc1ccc(Br)cc1. The highest BCUT2D eigenvalue weighted by Crippen LogP contribution is 2.35. The highest BCUT2D eigenvalue weighted by Gasteiger charge is 2.21. The van der Waals surface area contributed by atoms with E-state index in [4.69, 9.17) is 0 Å². The van der Waals surface area contributed by atoms with Crippen molar-refractivity contribution in [3.8, 4) is 0 Å². The van der Waals surface area contributed by atoms with E-state index in [1.54, 1.807) is 0 Å². The lowest BCUT2D eigenvalue weighted by Crippen LogP contribution is -2.06. The summed E-state index contributed by atoms with van der Waals surface area (Å²) in [4.78, 5) is 11.2. The fraction of sp³-hybridized carbons (Fsp3) is 0.250. The van der Waals surface area contributed by atoms with Crippen LogP contribution >= 0.6 is 31.9 Å². The first-order chi connectivity index (χ1) is 11.9. The van der Waals surface area contributed by atoms with Crippen LogP contribution in [0.3, 0.4) is 0 Å². The number of fused-ring (bicyclic) bond motifs is 1. The Labute approximate surface area is 163 Å². The second kappa shape index (κ2) is 7.34. The number of aromatic nitrogens is 1. The van der Waals surface area contributed by atoms with E-state index in [0.717, 1.165) is 37.7 Å². The lowest BCUT2D eigenvalue weighted by Gasteiger charge is -2.12. The van der Waals surface area contributed by atoms with Gasteiger partial charge in [0, 0.05) is 32.1 Å². The van der Waals surface area contributed by atoms with Gasteiger partial charge in [-0.15, -0.1) is 0 Å². The number of carboxylic acids is 1. The fourth-order valence-electron chi connectivity index (χ4n) is 3.44. The highest BCUT2D eigenvalue weighted by atomic mass is 79.9. The Balaban J connectivity index is 2.13. The molecule has 0 aliphatic heterocycles. The molecule has 0 aliphatic rings. The summed E-state index contributed by atoms with van der Waals surface area (Å²) in [6, 6.07) is 14.5. The zero-order chi connectivity index (χ0) is 18.1. The maximum Gasteiger partial charge on any atom is 0.303 e. The van der Waals surface area contributed by atoms with Gasteiger partial charge in [0.05, 0.1) is 6.42 Å². The van der Waals surface area contributed by atoms with Gasteiger partial charge < -0.3 is 9.67 Å². The summed E-state index contributed by atoms with van der Waals surface area (Å²) in [5.74, 6) is -0.809. The number of benzene rings is 2. The molecular weight excluding hydrogens is 446 g/mol. The molecule has 0 radical (unpaired) electrons. The number of aliphatic carboxylic acids is 1. The summed E-state index contributed by atoms with van der Waals surface area (Å²) in [6.07, 6.45) is 0.130. The van der Waals surface area contributed by atoms with Crippen molar-refractivity contribution in [3.63, 3.8) is 0 Å². The first-order valence-electron chi connectivity index (χ1n) is 8.11. The van der Waals surface area contributed by atoms with Crippen LogP contribution in [-0.4, -0.2) is 15.6 Å². The first-order valence-corrected chi connectivity index (χ1v) is 9.70. The van der Waals surface area contributed by atoms with Crippen LogP contribution in [0.4, 0.5) is 0 Å². The number of halogens is 2. The standard InChI is InChI=1S/C20H19Br2NO2/c1-12(9-19(24)25)20-13(2)23(11-14-3-5-15(21)6-4-14)18-8-7-16(22)10-17(18)20/h3-8,10,12H,9,11H2,1-2H3,(H,24,25). The second-order valence-electron chi connectivity index (χ2n) is 6.37. The molecule has 0 fully saturated rings. The highest BCUT2D eigenvalue weighted by molar-refractivity contribution is 9.10. The second-order valence-corrected chi connectivity index (χ2v) is 8.20. The monoisotopic (exact) mass is 463 g/mol. The smallest absolute Gasteiger partial charge is 0.303 e. The van der Waals surface area contributed by atoms with Gasteiger partial charge in [0.1, 0.15) is 0 Å². The fourth-order valence-corrected chi connectivity index (χ4v) is 4.07. The summed E-state index contributed by atoms with van der Waals surface area (Å²) in [5.41, 5.74) is 4.60. The van der Waals surface area contributed by atoms with E-state index < -0.39 is 5.97 Å². The lowest BCUT2D eigenvalue weighted by molar-refractivity contribution is -0.137. The van der Waals surface area contributed by atoms with Crippen molar-refractivity contribution >= 4 is 48.7 Å². The minimum Gasteiger partial charge on any atom is -0.481 e. The number of hydrogen-bond acceptors (Lipinski definition) is 1. The Morgan fingerprint density at radius 3 is 2.40 bits per heavy atom. The lowest BCUT2D eigenvalue weighted by atomic mass is 9.95. The summed E-state index contributed by atoms with van der Waals surface area (Å²) in [7, 11) is 0. The van der Waals surface area contributed by atoms with Gasteiger partial charge in [-0.3, -0.25) is 4.79 Å². The van der Waals surface area contributed by atoms with E-state index in [-0.39, 0.29) is 12.3 Å². The predicted molar refractivity (Wildman–Crippen MR) is 108 cm³/mol. The molecule has 1 aromatic heterocycles. The van der Waals surface area contributed by atoms with Gasteiger partial charge >= 0.3 is 5.97 Å². The molecular formula is C20H19Br2NO2. The molecule has 3 aromatic rings. The van der Waals surface area contributed by atoms with Gasteiger partial charge in [0.25, 0.3) is 0 Å². The number of rotatable bonds is 5. The van der Waals surface area contributed by atoms with Gasteiger partial charge in [-0.05, 0) is 54.3 Å². The van der Waals surface area contributed by atoms with Crippen molar-refractivity contribution < 1.29 is 9.90 Å². The average Bonchev–Trinajstić information content (AvgIpc) is 2.80. The third-order valence-corrected chi connectivity index (χ3v) is 5.58. The zero-order valence-corrected chi connectivity index (χ0v) is 17.3. The van der Waals surface area contributed by atoms with Crippen molar-refractivity contribution in [3.05, 3.63) is 68.2 Å². The number of carbonyl (C=O) groups is 1. The van der Waals surface area contributed by atoms with Gasteiger partial charge in [-0.2, -0.15) is 0 Å². The van der Waals surface area contributed by atoms with E-state index in [9.17, 15) is 9.90 Å². The van der Waals surface area contributed by atoms with E-state index >= 15 is 0 Å². The Morgan fingerprint density at radius 1 is 1.12 bits per heavy atom. The molecule has 1 atom stereocenters. The van der Waals surface area contributed by atoms with Crippen LogP contribution in [0.25, 0.3) is 10.9 Å². The zero-order valence-electron chi connectivity index (χ0n) is 14.1. The average molecular weight is 465 g/mol. The van der Waals surface area contributed by atoms with Crippen LogP contribution in [0.2, 0.25) is 0 Å². The van der Waals surface area contributed by atoms with E-state index in [2.05, 4.69) is 67.6 Å². The minimum atomic E-state index is -0.768. The quantitative estimate of drug-likeness (QED) is 0.495. The van der Waals surface area contributed by atoms with E-state index in [0.29, 0.717) is 0 Å². The first kappa shape index (κ1) is 18.2. The molecule has 3 rings (SSSR count). The Hall–Kier alpha value is -1.59.